The van der Waals surface area contributed by atoms with Crippen LogP contribution >= 0.6 is 0 Å². The van der Waals surface area contributed by atoms with Crippen LogP contribution in [0.25, 0.3) is 0 Å². The third-order valence-electron chi connectivity index (χ3n) is 3.47. The maximum Gasteiger partial charge on any atom is 0.247 e. The molecule has 0 aliphatic carbocycles. The maximum absolute atomic E-state index is 12.3. The van der Waals surface area contributed by atoms with Gasteiger partial charge in [0.15, 0.2) is 0 Å². The van der Waals surface area contributed by atoms with Gasteiger partial charge in [0.05, 0.1) is 0 Å². The lowest BCUT2D eigenvalue weighted by Crippen LogP contribution is -2.62. The van der Waals surface area contributed by atoms with E-state index in [1.165, 1.54) is 0 Å². The molecule has 3 N–H and O–H groups in total. The Morgan fingerprint density at radius 3 is 2.68 bits per heavy atom. The molecule has 1 fully saturated rings. The molecule has 2 heterocycles. The summed E-state index contributed by atoms with van der Waals surface area (Å²) in [6, 6.07) is 1.80. The zero-order valence-corrected chi connectivity index (χ0v) is 11.8. The van der Waals surface area contributed by atoms with E-state index in [-0.39, 0.29) is 11.9 Å². The summed E-state index contributed by atoms with van der Waals surface area (Å²) < 4.78 is 0. The minimum absolute atomic E-state index is 0.0712. The molecule has 1 aliphatic heterocycles. The largest absolute Gasteiger partial charge is 0.373 e. The Hall–Kier alpha value is -2.05. The van der Waals surface area contributed by atoms with Crippen molar-refractivity contribution in [2.45, 2.75) is 19.4 Å². The van der Waals surface area contributed by atoms with E-state index in [0.717, 1.165) is 6.54 Å². The van der Waals surface area contributed by atoms with Gasteiger partial charge in [-0.3, -0.25) is 4.79 Å². The molecule has 0 spiro atoms. The quantitative estimate of drug-likeness (QED) is 0.791. The maximum atomic E-state index is 12.3. The van der Waals surface area contributed by atoms with Crippen molar-refractivity contribution >= 4 is 23.5 Å². The average molecular weight is 264 g/mol. The predicted octanol–water partition coefficient (Wildman–Crippen LogP) is 0.158. The highest BCUT2D eigenvalue weighted by atomic mass is 16.2. The third kappa shape index (κ3) is 2.27. The Bertz CT molecular complexity index is 501. The van der Waals surface area contributed by atoms with Gasteiger partial charge >= 0.3 is 0 Å². The Labute approximate surface area is 112 Å². The molecule has 1 aliphatic rings. The van der Waals surface area contributed by atoms with E-state index in [2.05, 4.69) is 15.3 Å². The number of piperazine rings is 1. The van der Waals surface area contributed by atoms with Gasteiger partial charge in [-0.15, -0.1) is 0 Å². The van der Waals surface area contributed by atoms with E-state index in [1.54, 1.807) is 18.0 Å². The number of nitrogen functional groups attached to an aromatic ring is 1. The highest BCUT2D eigenvalue weighted by molar-refractivity contribution is 5.90. The highest BCUT2D eigenvalue weighted by Gasteiger charge is 2.41. The van der Waals surface area contributed by atoms with Crippen LogP contribution in [0.3, 0.4) is 0 Å². The van der Waals surface area contributed by atoms with Crippen LogP contribution in [0, 0.1) is 0 Å². The summed E-state index contributed by atoms with van der Waals surface area (Å²) in [4.78, 5) is 24.3. The number of amides is 1. The Kier molecular flexibility index (Phi) is 3.21. The molecule has 7 heteroatoms. The first-order valence-corrected chi connectivity index (χ1v) is 6.22. The topological polar surface area (TPSA) is 87.4 Å². The van der Waals surface area contributed by atoms with Gasteiger partial charge in [-0.25, -0.2) is 0 Å². The van der Waals surface area contributed by atoms with Crippen LogP contribution in [-0.2, 0) is 4.79 Å². The molecule has 1 amide bonds. The Morgan fingerprint density at radius 2 is 2.05 bits per heavy atom. The second kappa shape index (κ2) is 4.56. The molecule has 2 rings (SSSR count). The second-order valence-electron chi connectivity index (χ2n) is 5.16. The SMILES string of the molecule is CNc1cc(N2CCN(C)C(=O)C2(C)C)nc(N)n1. The fraction of sp³-hybridized carbons (Fsp3) is 0.583. The zero-order valence-electron chi connectivity index (χ0n) is 11.8. The molecule has 0 atom stereocenters. The smallest absolute Gasteiger partial charge is 0.247 e. The molecular weight excluding hydrogens is 244 g/mol. The van der Waals surface area contributed by atoms with Crippen LogP contribution in [-0.4, -0.2) is 53.5 Å². The monoisotopic (exact) mass is 264 g/mol. The van der Waals surface area contributed by atoms with Crippen molar-refractivity contribution in [2.75, 3.05) is 43.1 Å². The molecule has 1 aromatic rings. The standard InChI is InChI=1S/C12H20N6O/c1-12(2)10(19)17(4)5-6-18(12)9-7-8(14-3)15-11(13)16-9/h7H,5-6H2,1-4H3,(H3,13,14,15,16). The zero-order chi connectivity index (χ0) is 14.2. The van der Waals surface area contributed by atoms with E-state index in [4.69, 9.17) is 5.73 Å². The number of anilines is 3. The minimum Gasteiger partial charge on any atom is -0.373 e. The van der Waals surface area contributed by atoms with Gasteiger partial charge < -0.3 is 20.9 Å². The van der Waals surface area contributed by atoms with Gasteiger partial charge in [-0.1, -0.05) is 0 Å². The van der Waals surface area contributed by atoms with Crippen LogP contribution < -0.4 is 16.0 Å². The van der Waals surface area contributed by atoms with Gasteiger partial charge in [-0.2, -0.15) is 9.97 Å². The fourth-order valence-corrected chi connectivity index (χ4v) is 2.33. The van der Waals surface area contributed by atoms with Crippen molar-refractivity contribution in [2.24, 2.45) is 0 Å². The van der Waals surface area contributed by atoms with E-state index < -0.39 is 5.54 Å². The number of aromatic nitrogens is 2. The van der Waals surface area contributed by atoms with E-state index in [0.29, 0.717) is 18.2 Å². The lowest BCUT2D eigenvalue weighted by atomic mass is 9.98. The molecule has 0 aromatic carbocycles. The molecular formula is C12H20N6O. The molecule has 19 heavy (non-hydrogen) atoms. The first-order valence-electron chi connectivity index (χ1n) is 6.22. The first kappa shape index (κ1) is 13.4. The number of nitrogens with one attached hydrogen (secondary N) is 1. The molecule has 104 valence electrons. The number of carbonyl (C=O) groups excluding carboxylic acids is 1. The Balaban J connectivity index is 2.41. The van der Waals surface area contributed by atoms with Crippen molar-refractivity contribution in [1.29, 1.82) is 0 Å². The first-order chi connectivity index (χ1) is 8.86. The van der Waals surface area contributed by atoms with Gasteiger partial charge in [-0.05, 0) is 13.8 Å². The number of nitrogens with two attached hydrogens (primary N) is 1. The van der Waals surface area contributed by atoms with Crippen molar-refractivity contribution in [3.63, 3.8) is 0 Å². The van der Waals surface area contributed by atoms with Gasteiger partial charge in [0.2, 0.25) is 11.9 Å². The fourth-order valence-electron chi connectivity index (χ4n) is 2.33. The number of carbonyl (C=O) groups is 1. The van der Waals surface area contributed by atoms with Gasteiger partial charge in [0.1, 0.15) is 17.2 Å². The van der Waals surface area contributed by atoms with E-state index in [9.17, 15) is 4.79 Å². The molecule has 1 aromatic heterocycles. The summed E-state index contributed by atoms with van der Waals surface area (Å²) in [6.45, 7) is 5.17. The van der Waals surface area contributed by atoms with Crippen LogP contribution in [0.15, 0.2) is 6.07 Å². The summed E-state index contributed by atoms with van der Waals surface area (Å²) in [5, 5.41) is 2.94. The van der Waals surface area contributed by atoms with Crippen molar-refractivity contribution in [1.82, 2.24) is 14.9 Å². The van der Waals surface area contributed by atoms with Crippen molar-refractivity contribution in [3.05, 3.63) is 6.07 Å². The van der Waals surface area contributed by atoms with E-state index >= 15 is 0 Å². The molecule has 0 radical (unpaired) electrons. The second-order valence-corrected chi connectivity index (χ2v) is 5.16. The van der Waals surface area contributed by atoms with Crippen LogP contribution in [0.2, 0.25) is 0 Å². The molecule has 0 saturated carbocycles. The molecule has 7 nitrogen and oxygen atoms in total. The molecule has 1 saturated heterocycles. The number of rotatable bonds is 2. The van der Waals surface area contributed by atoms with Crippen molar-refractivity contribution in [3.8, 4) is 0 Å². The summed E-state index contributed by atoms with van der Waals surface area (Å²) >= 11 is 0. The Morgan fingerprint density at radius 1 is 1.37 bits per heavy atom. The number of hydrogen-bond acceptors (Lipinski definition) is 6. The van der Waals surface area contributed by atoms with Crippen LogP contribution in [0.5, 0.6) is 0 Å². The van der Waals surface area contributed by atoms with Crippen LogP contribution in [0.4, 0.5) is 17.6 Å². The van der Waals surface area contributed by atoms with Crippen molar-refractivity contribution < 1.29 is 4.79 Å². The van der Waals surface area contributed by atoms with Gasteiger partial charge in [0, 0.05) is 33.3 Å². The predicted molar refractivity (Wildman–Crippen MR) is 75.1 cm³/mol. The summed E-state index contributed by atoms with van der Waals surface area (Å²) in [5.41, 5.74) is 5.07. The summed E-state index contributed by atoms with van der Waals surface area (Å²) in [5.74, 6) is 1.58. The average Bonchev–Trinajstić information content (AvgIpc) is 2.35. The minimum atomic E-state index is -0.640. The van der Waals surface area contributed by atoms with E-state index in [1.807, 2.05) is 25.8 Å². The number of likely N-dealkylation sites (N-methyl/N-ethyl adjacent to an activating group) is 1. The summed E-state index contributed by atoms with van der Waals surface area (Å²) in [6.07, 6.45) is 0. The normalized spacial score (nSPS) is 18.6. The molecule has 0 bridgehead atoms. The van der Waals surface area contributed by atoms with Gasteiger partial charge in [0.25, 0.3) is 0 Å². The highest BCUT2D eigenvalue weighted by Crippen LogP contribution is 2.28. The lowest BCUT2D eigenvalue weighted by molar-refractivity contribution is -0.136. The summed E-state index contributed by atoms with van der Waals surface area (Å²) in [7, 11) is 3.58. The number of hydrogen-bond donors (Lipinski definition) is 2. The lowest BCUT2D eigenvalue weighted by Gasteiger charge is -2.45. The number of nitrogens with zero attached hydrogens (tertiary/aromatic N) is 4. The third-order valence-corrected chi connectivity index (χ3v) is 3.47. The van der Waals surface area contributed by atoms with Crippen LogP contribution in [0.1, 0.15) is 13.8 Å². The molecule has 0 unspecified atom stereocenters.